The molecule has 1 unspecified atom stereocenters. The maximum Gasteiger partial charge on any atom is 0.266 e. The molecule has 1 amide bonds. The number of benzene rings is 2. The summed E-state index contributed by atoms with van der Waals surface area (Å²) in [7, 11) is 0. The third-order valence-corrected chi connectivity index (χ3v) is 6.00. The first-order chi connectivity index (χ1) is 13.6. The molecule has 1 saturated heterocycles. The van der Waals surface area contributed by atoms with Gasteiger partial charge in [0, 0.05) is 11.6 Å². The van der Waals surface area contributed by atoms with E-state index in [9.17, 15) is 4.79 Å². The van der Waals surface area contributed by atoms with Crippen LogP contribution < -0.4 is 9.64 Å². The summed E-state index contributed by atoms with van der Waals surface area (Å²) in [6.45, 7) is 3.13. The number of thiazole rings is 1. The number of para-hydroxylation sites is 1. The van der Waals surface area contributed by atoms with Gasteiger partial charge in [-0.15, -0.1) is 0 Å². The van der Waals surface area contributed by atoms with Gasteiger partial charge in [0.15, 0.2) is 11.7 Å². The number of aryl methyl sites for hydroxylation is 1. The number of anilines is 1. The minimum Gasteiger partial charge on any atom is -0.483 e. The number of ether oxygens (including phenoxy) is 2. The first kappa shape index (κ1) is 19.2. The second-order valence-corrected chi connectivity index (χ2v) is 8.25. The Morgan fingerprint density at radius 2 is 2.21 bits per heavy atom. The van der Waals surface area contributed by atoms with Gasteiger partial charge in [-0.1, -0.05) is 41.1 Å². The second-order valence-electron chi connectivity index (χ2n) is 6.80. The molecule has 0 spiro atoms. The quantitative estimate of drug-likeness (QED) is 0.576. The van der Waals surface area contributed by atoms with E-state index in [1.165, 1.54) is 11.3 Å². The predicted molar refractivity (Wildman–Crippen MR) is 113 cm³/mol. The number of carbonyl (C=O) groups is 1. The van der Waals surface area contributed by atoms with Crippen molar-refractivity contribution in [3.8, 4) is 5.75 Å². The van der Waals surface area contributed by atoms with Crippen molar-refractivity contribution in [1.82, 2.24) is 4.98 Å². The van der Waals surface area contributed by atoms with Crippen LogP contribution in [0.25, 0.3) is 10.2 Å². The van der Waals surface area contributed by atoms with Crippen LogP contribution in [0.2, 0.25) is 5.02 Å². The number of hydrogen-bond donors (Lipinski definition) is 0. The number of hydrogen-bond acceptors (Lipinski definition) is 5. The molecule has 2 heterocycles. The molecule has 0 radical (unpaired) electrons. The fraction of sp³-hybridized carbons (Fsp3) is 0.333. The van der Waals surface area contributed by atoms with Crippen LogP contribution in [0.1, 0.15) is 18.4 Å². The Kier molecular flexibility index (Phi) is 5.80. The predicted octanol–water partition coefficient (Wildman–Crippen LogP) is 4.85. The van der Waals surface area contributed by atoms with Crippen molar-refractivity contribution in [2.45, 2.75) is 25.9 Å². The summed E-state index contributed by atoms with van der Waals surface area (Å²) in [6.07, 6.45) is 1.99. The lowest BCUT2D eigenvalue weighted by Crippen LogP contribution is -2.40. The van der Waals surface area contributed by atoms with Gasteiger partial charge in [-0.05, 0) is 49.6 Å². The average Bonchev–Trinajstić information content (AvgIpc) is 3.34. The van der Waals surface area contributed by atoms with Crippen LogP contribution in [0.5, 0.6) is 5.75 Å². The standard InChI is InChI=1S/C21H21ClN2O3S/c1-14-5-2-3-7-18(14)27-13-20(25)24(12-16-6-4-10-26-16)21-23-17-9-8-15(22)11-19(17)28-21/h2-3,5,7-9,11,16H,4,6,10,12-13H2,1H3. The molecule has 28 heavy (non-hydrogen) atoms. The molecule has 2 aromatic carbocycles. The van der Waals surface area contributed by atoms with Crippen molar-refractivity contribution in [1.29, 1.82) is 0 Å². The Balaban J connectivity index is 1.56. The van der Waals surface area contributed by atoms with Gasteiger partial charge in [-0.3, -0.25) is 9.69 Å². The number of halogens is 1. The molecule has 1 aromatic heterocycles. The van der Waals surface area contributed by atoms with Gasteiger partial charge in [0.05, 0.1) is 22.9 Å². The highest BCUT2D eigenvalue weighted by molar-refractivity contribution is 7.22. The monoisotopic (exact) mass is 416 g/mol. The molecule has 0 saturated carbocycles. The highest BCUT2D eigenvalue weighted by Crippen LogP contribution is 2.32. The lowest BCUT2D eigenvalue weighted by Gasteiger charge is -2.23. The van der Waals surface area contributed by atoms with Crippen LogP contribution >= 0.6 is 22.9 Å². The summed E-state index contributed by atoms with van der Waals surface area (Å²) < 4.78 is 12.5. The minimum absolute atomic E-state index is 0.0259. The lowest BCUT2D eigenvalue weighted by molar-refractivity contribution is -0.120. The molecule has 5 nitrogen and oxygen atoms in total. The Bertz CT molecular complexity index is 985. The third-order valence-electron chi connectivity index (χ3n) is 4.73. The highest BCUT2D eigenvalue weighted by atomic mass is 35.5. The van der Waals surface area contributed by atoms with Crippen molar-refractivity contribution in [2.24, 2.45) is 0 Å². The van der Waals surface area contributed by atoms with E-state index in [2.05, 4.69) is 4.98 Å². The van der Waals surface area contributed by atoms with Gasteiger partial charge >= 0.3 is 0 Å². The molecule has 3 aromatic rings. The van der Waals surface area contributed by atoms with E-state index in [1.807, 2.05) is 43.3 Å². The lowest BCUT2D eigenvalue weighted by atomic mass is 10.2. The number of carbonyl (C=O) groups excluding carboxylic acids is 1. The number of nitrogens with zero attached hydrogens (tertiary/aromatic N) is 2. The van der Waals surface area contributed by atoms with Crippen molar-refractivity contribution >= 4 is 44.2 Å². The van der Waals surface area contributed by atoms with Gasteiger partial charge in [-0.2, -0.15) is 0 Å². The van der Waals surface area contributed by atoms with Crippen LogP contribution in [-0.2, 0) is 9.53 Å². The van der Waals surface area contributed by atoms with E-state index in [-0.39, 0.29) is 18.6 Å². The number of fused-ring (bicyclic) bond motifs is 1. The zero-order chi connectivity index (χ0) is 19.5. The molecule has 1 aliphatic rings. The summed E-state index contributed by atoms with van der Waals surface area (Å²) in [5, 5.41) is 1.30. The largest absolute Gasteiger partial charge is 0.483 e. The molecule has 1 fully saturated rings. The van der Waals surface area contributed by atoms with E-state index in [1.54, 1.807) is 11.0 Å². The minimum atomic E-state index is -0.135. The molecular formula is C21H21ClN2O3S. The van der Waals surface area contributed by atoms with Crippen molar-refractivity contribution in [3.05, 3.63) is 53.1 Å². The molecule has 7 heteroatoms. The maximum absolute atomic E-state index is 13.0. The number of rotatable bonds is 6. The molecule has 4 rings (SSSR count). The van der Waals surface area contributed by atoms with Gasteiger partial charge in [0.1, 0.15) is 5.75 Å². The van der Waals surface area contributed by atoms with Crippen LogP contribution in [-0.4, -0.2) is 36.8 Å². The fourth-order valence-corrected chi connectivity index (χ4v) is 4.48. The van der Waals surface area contributed by atoms with E-state index in [0.29, 0.717) is 22.4 Å². The molecule has 0 N–H and O–H groups in total. The van der Waals surface area contributed by atoms with Crippen molar-refractivity contribution in [2.75, 3.05) is 24.7 Å². The molecule has 0 bridgehead atoms. The Morgan fingerprint density at radius 1 is 1.36 bits per heavy atom. The molecular weight excluding hydrogens is 396 g/mol. The number of aromatic nitrogens is 1. The van der Waals surface area contributed by atoms with Crippen LogP contribution in [0.15, 0.2) is 42.5 Å². The summed E-state index contributed by atoms with van der Waals surface area (Å²) in [5.41, 5.74) is 1.82. The van der Waals surface area contributed by atoms with Crippen molar-refractivity contribution in [3.63, 3.8) is 0 Å². The Labute approximate surface area is 172 Å². The summed E-state index contributed by atoms with van der Waals surface area (Å²) in [6, 6.07) is 13.2. The summed E-state index contributed by atoms with van der Waals surface area (Å²) in [5.74, 6) is 0.577. The van der Waals surface area contributed by atoms with Crippen molar-refractivity contribution < 1.29 is 14.3 Å². The highest BCUT2D eigenvalue weighted by Gasteiger charge is 2.26. The van der Waals surface area contributed by atoms with E-state index < -0.39 is 0 Å². The molecule has 146 valence electrons. The topological polar surface area (TPSA) is 51.7 Å². The van der Waals surface area contributed by atoms with E-state index in [4.69, 9.17) is 21.1 Å². The number of amides is 1. The summed E-state index contributed by atoms with van der Waals surface area (Å²) >= 11 is 7.55. The fourth-order valence-electron chi connectivity index (χ4n) is 3.22. The Morgan fingerprint density at radius 3 is 3.00 bits per heavy atom. The summed E-state index contributed by atoms with van der Waals surface area (Å²) in [4.78, 5) is 19.4. The van der Waals surface area contributed by atoms with E-state index in [0.717, 1.165) is 35.2 Å². The SMILES string of the molecule is Cc1ccccc1OCC(=O)N(CC1CCCO1)c1nc2ccc(Cl)cc2s1. The molecule has 1 atom stereocenters. The normalized spacial score (nSPS) is 16.4. The first-order valence-electron chi connectivity index (χ1n) is 9.26. The first-order valence-corrected chi connectivity index (χ1v) is 10.5. The molecule has 0 aliphatic carbocycles. The van der Waals surface area contributed by atoms with Crippen LogP contribution in [0, 0.1) is 6.92 Å². The Hall–Kier alpha value is -2.15. The van der Waals surface area contributed by atoms with E-state index >= 15 is 0 Å². The maximum atomic E-state index is 13.0. The zero-order valence-corrected chi connectivity index (χ0v) is 17.1. The van der Waals surface area contributed by atoms with Crippen LogP contribution in [0.3, 0.4) is 0 Å². The third kappa shape index (κ3) is 4.29. The molecule has 1 aliphatic heterocycles. The average molecular weight is 417 g/mol. The van der Waals surface area contributed by atoms with Crippen LogP contribution in [0.4, 0.5) is 5.13 Å². The van der Waals surface area contributed by atoms with Gasteiger partial charge in [0.25, 0.3) is 5.91 Å². The van der Waals surface area contributed by atoms with Gasteiger partial charge < -0.3 is 9.47 Å². The smallest absolute Gasteiger partial charge is 0.266 e. The van der Waals surface area contributed by atoms with Gasteiger partial charge in [-0.25, -0.2) is 4.98 Å². The van der Waals surface area contributed by atoms with Gasteiger partial charge in [0.2, 0.25) is 0 Å². The zero-order valence-electron chi connectivity index (χ0n) is 15.6. The second kappa shape index (κ2) is 8.47.